The van der Waals surface area contributed by atoms with E-state index in [9.17, 15) is 4.79 Å². The maximum absolute atomic E-state index is 13.0. The SMILES string of the molecule is CNC(=O)CP(=NP(=S)(c1ccccc1)c1ccccc1)(c1ccccc1)c1ccccc1. The summed E-state index contributed by atoms with van der Waals surface area (Å²) in [6, 6.07) is 40.7. The normalized spacial score (nSPS) is 11.5. The van der Waals surface area contributed by atoms with Crippen molar-refractivity contribution in [1.29, 1.82) is 0 Å². The molecule has 166 valence electrons. The predicted molar refractivity (Wildman–Crippen MR) is 147 cm³/mol. The van der Waals surface area contributed by atoms with Gasteiger partial charge in [-0.2, -0.15) is 0 Å². The Labute approximate surface area is 201 Å². The van der Waals surface area contributed by atoms with Gasteiger partial charge in [0, 0.05) is 24.7 Å². The molecule has 0 aliphatic heterocycles. The van der Waals surface area contributed by atoms with E-state index in [1.54, 1.807) is 7.05 Å². The summed E-state index contributed by atoms with van der Waals surface area (Å²) >= 11 is 6.51. The minimum absolute atomic E-state index is 0.0394. The monoisotopic (exact) mass is 488 g/mol. The van der Waals surface area contributed by atoms with E-state index in [1.165, 1.54) is 0 Å². The average molecular weight is 489 g/mol. The molecular weight excluding hydrogens is 462 g/mol. The number of hydrogen-bond acceptors (Lipinski definition) is 2. The molecule has 3 nitrogen and oxygen atoms in total. The summed E-state index contributed by atoms with van der Waals surface area (Å²) < 4.78 is 5.68. The van der Waals surface area contributed by atoms with Gasteiger partial charge in [0.05, 0.1) is 6.16 Å². The number of carbonyl (C=O) groups excluding carboxylic acids is 1. The molecule has 0 aliphatic rings. The third-order valence-electron chi connectivity index (χ3n) is 5.51. The lowest BCUT2D eigenvalue weighted by Gasteiger charge is -2.30. The van der Waals surface area contributed by atoms with Crippen molar-refractivity contribution in [3.63, 3.8) is 0 Å². The standard InChI is InChI=1S/C27H26N2OP2S/c1-28-27(30)22-31(23-14-6-2-7-15-23,24-16-8-3-9-17-24)29-32(33,25-18-10-4-11-19-25)26-20-12-5-13-21-26/h2-21H,22H2,1H3,(H,28,30). The van der Waals surface area contributed by atoms with Crippen molar-refractivity contribution in [3.8, 4) is 0 Å². The molecule has 0 aliphatic carbocycles. The van der Waals surface area contributed by atoms with Crippen molar-refractivity contribution in [1.82, 2.24) is 5.32 Å². The fourth-order valence-corrected chi connectivity index (χ4v) is 13.3. The molecule has 4 aromatic rings. The van der Waals surface area contributed by atoms with Crippen molar-refractivity contribution in [2.75, 3.05) is 13.2 Å². The van der Waals surface area contributed by atoms with Crippen LogP contribution in [0.5, 0.6) is 0 Å². The van der Waals surface area contributed by atoms with E-state index in [-0.39, 0.29) is 12.1 Å². The van der Waals surface area contributed by atoms with Crippen molar-refractivity contribution >= 4 is 52.2 Å². The highest BCUT2D eigenvalue weighted by Crippen LogP contribution is 2.59. The highest BCUT2D eigenvalue weighted by atomic mass is 32.4. The fourth-order valence-electron chi connectivity index (χ4n) is 3.83. The van der Waals surface area contributed by atoms with E-state index in [1.807, 2.05) is 72.8 Å². The Hall–Kier alpha value is -2.77. The van der Waals surface area contributed by atoms with Crippen LogP contribution >= 0.6 is 13.2 Å². The zero-order valence-electron chi connectivity index (χ0n) is 18.4. The number of hydrogen-bond donors (Lipinski definition) is 1. The second-order valence-corrected chi connectivity index (χ2v) is 15.0. The molecule has 0 bridgehead atoms. The molecule has 6 heteroatoms. The highest BCUT2D eigenvalue weighted by molar-refractivity contribution is 8.22. The molecule has 0 unspecified atom stereocenters. The summed E-state index contributed by atoms with van der Waals surface area (Å²) in [7, 11) is -0.890. The highest BCUT2D eigenvalue weighted by Gasteiger charge is 2.32. The first-order valence-corrected chi connectivity index (χ1v) is 15.4. The van der Waals surface area contributed by atoms with Crippen LogP contribution in [-0.2, 0) is 16.6 Å². The molecule has 1 N–H and O–H groups in total. The molecule has 0 fully saturated rings. The van der Waals surface area contributed by atoms with Gasteiger partial charge in [0.15, 0.2) is 0 Å². The minimum Gasteiger partial charge on any atom is -0.359 e. The molecular formula is C27H26N2OP2S. The number of amides is 1. The van der Waals surface area contributed by atoms with Crippen LogP contribution in [0.1, 0.15) is 0 Å². The van der Waals surface area contributed by atoms with Gasteiger partial charge in [0.25, 0.3) is 0 Å². The van der Waals surface area contributed by atoms with E-state index in [4.69, 9.17) is 16.3 Å². The van der Waals surface area contributed by atoms with Gasteiger partial charge in [-0.15, -0.1) is 0 Å². The maximum Gasteiger partial charge on any atom is 0.226 e. The summed E-state index contributed by atoms with van der Waals surface area (Å²) in [5.74, 6) is -0.0394. The molecule has 0 radical (unpaired) electrons. The molecule has 33 heavy (non-hydrogen) atoms. The molecule has 0 heterocycles. The number of rotatable bonds is 7. The van der Waals surface area contributed by atoms with Crippen LogP contribution in [0.15, 0.2) is 126 Å². The first kappa shape index (κ1) is 23.4. The van der Waals surface area contributed by atoms with Crippen molar-refractivity contribution in [2.45, 2.75) is 0 Å². The Kier molecular flexibility index (Phi) is 7.40. The van der Waals surface area contributed by atoms with Crippen molar-refractivity contribution in [2.24, 2.45) is 4.52 Å². The van der Waals surface area contributed by atoms with Gasteiger partial charge in [-0.3, -0.25) is 9.31 Å². The molecule has 0 spiro atoms. The van der Waals surface area contributed by atoms with Gasteiger partial charge in [0.1, 0.15) is 6.19 Å². The molecule has 0 atom stereocenters. The van der Waals surface area contributed by atoms with Gasteiger partial charge in [0.2, 0.25) is 5.91 Å². The summed E-state index contributed by atoms with van der Waals surface area (Å²) in [4.78, 5) is 13.0. The zero-order chi connectivity index (χ0) is 23.2. The predicted octanol–water partition coefficient (Wildman–Crippen LogP) is 4.63. The van der Waals surface area contributed by atoms with Crippen LogP contribution < -0.4 is 26.5 Å². The van der Waals surface area contributed by atoms with Crippen LogP contribution in [0.2, 0.25) is 0 Å². The minimum atomic E-state index is -2.62. The number of nitrogens with one attached hydrogen (secondary N) is 1. The smallest absolute Gasteiger partial charge is 0.226 e. The first-order chi connectivity index (χ1) is 16.1. The topological polar surface area (TPSA) is 41.5 Å². The molecule has 1 amide bonds. The van der Waals surface area contributed by atoms with Gasteiger partial charge in [-0.25, -0.2) is 0 Å². The summed E-state index contributed by atoms with van der Waals surface area (Å²) in [6.45, 7) is 0. The van der Waals surface area contributed by atoms with E-state index in [0.717, 1.165) is 21.2 Å². The average Bonchev–Trinajstić information content (AvgIpc) is 2.90. The second kappa shape index (κ2) is 10.4. The largest absolute Gasteiger partial charge is 0.359 e. The fraction of sp³-hybridized carbons (Fsp3) is 0.0741. The van der Waals surface area contributed by atoms with Gasteiger partial charge >= 0.3 is 0 Å². The molecule has 0 aromatic heterocycles. The Balaban J connectivity index is 2.14. The second-order valence-electron chi connectivity index (χ2n) is 7.61. The number of nitrogens with zero attached hydrogens (tertiary/aromatic N) is 1. The zero-order valence-corrected chi connectivity index (χ0v) is 21.0. The van der Waals surface area contributed by atoms with Crippen LogP contribution in [0.3, 0.4) is 0 Å². The van der Waals surface area contributed by atoms with Crippen molar-refractivity contribution < 1.29 is 4.79 Å². The Morgan fingerprint density at radius 1 is 0.667 bits per heavy atom. The van der Waals surface area contributed by atoms with Crippen LogP contribution in [-0.4, -0.2) is 19.1 Å². The van der Waals surface area contributed by atoms with Crippen LogP contribution in [0.4, 0.5) is 0 Å². The Bertz CT molecular complexity index is 1220. The van der Waals surface area contributed by atoms with Crippen molar-refractivity contribution in [3.05, 3.63) is 121 Å². The number of carbonyl (C=O) groups is 1. The molecule has 0 saturated carbocycles. The van der Waals surface area contributed by atoms with E-state index in [2.05, 4.69) is 53.8 Å². The summed E-state index contributed by atoms with van der Waals surface area (Å²) in [5, 5.41) is 7.00. The van der Waals surface area contributed by atoms with Gasteiger partial charge < -0.3 is 5.32 Å². The summed E-state index contributed by atoms with van der Waals surface area (Å²) in [5.41, 5.74) is 0. The number of benzene rings is 4. The maximum atomic E-state index is 13.0. The lowest BCUT2D eigenvalue weighted by molar-refractivity contribution is -0.118. The van der Waals surface area contributed by atoms with E-state index < -0.39 is 13.2 Å². The van der Waals surface area contributed by atoms with E-state index >= 15 is 0 Å². The molecule has 4 rings (SSSR count). The summed E-state index contributed by atoms with van der Waals surface area (Å²) in [6.07, 6.45) is -2.34. The molecule has 4 aromatic carbocycles. The van der Waals surface area contributed by atoms with Gasteiger partial charge in [-0.1, -0.05) is 133 Å². The third kappa shape index (κ3) is 4.94. The van der Waals surface area contributed by atoms with Crippen LogP contribution in [0.25, 0.3) is 0 Å². The molecule has 0 saturated heterocycles. The van der Waals surface area contributed by atoms with Crippen LogP contribution in [0, 0.1) is 0 Å². The van der Waals surface area contributed by atoms with Gasteiger partial charge in [-0.05, 0) is 10.6 Å². The Morgan fingerprint density at radius 3 is 1.33 bits per heavy atom. The lowest BCUT2D eigenvalue weighted by atomic mass is 10.4. The lowest BCUT2D eigenvalue weighted by Crippen LogP contribution is -2.29. The Morgan fingerprint density at radius 2 is 1.00 bits per heavy atom. The van der Waals surface area contributed by atoms with E-state index in [0.29, 0.717) is 0 Å². The quantitative estimate of drug-likeness (QED) is 0.386. The first-order valence-electron chi connectivity index (χ1n) is 10.7. The third-order valence-corrected chi connectivity index (χ3v) is 14.7.